The van der Waals surface area contributed by atoms with Crippen LogP contribution in [0.2, 0.25) is 0 Å². The molecule has 0 aliphatic heterocycles. The van der Waals surface area contributed by atoms with E-state index < -0.39 is 29.7 Å². The van der Waals surface area contributed by atoms with Gasteiger partial charge in [-0.1, -0.05) is 0 Å². The first kappa shape index (κ1) is 13.8. The first-order chi connectivity index (χ1) is 8.24. The van der Waals surface area contributed by atoms with Gasteiger partial charge in [0.05, 0.1) is 11.6 Å². The lowest BCUT2D eigenvalue weighted by atomic mass is 10.1. The number of alkyl halides is 3. The molecule has 0 saturated heterocycles. The molecule has 8 heteroatoms. The number of hydrogen-bond acceptors (Lipinski definition) is 4. The van der Waals surface area contributed by atoms with Crippen molar-refractivity contribution in [3.8, 4) is 11.8 Å². The molecule has 0 amide bonds. The van der Waals surface area contributed by atoms with Gasteiger partial charge in [0.15, 0.2) is 6.10 Å². The van der Waals surface area contributed by atoms with Crippen LogP contribution in [0.1, 0.15) is 17.2 Å². The first-order valence-electron chi connectivity index (χ1n) is 4.45. The number of nitriles is 1. The summed E-state index contributed by atoms with van der Waals surface area (Å²) in [4.78, 5) is 10.5. The Balaban J connectivity index is 3.25. The van der Waals surface area contributed by atoms with Gasteiger partial charge in [0.1, 0.15) is 5.75 Å². The molecule has 1 aromatic rings. The van der Waals surface area contributed by atoms with Crippen LogP contribution in [-0.2, 0) is 4.79 Å². The SMILES string of the molecule is N#Cc1ccc(OC(F)(F)F)c(C(O)C(=O)O)c1. The zero-order valence-corrected chi connectivity index (χ0v) is 8.60. The normalized spacial score (nSPS) is 12.6. The van der Waals surface area contributed by atoms with E-state index in [1.165, 1.54) is 0 Å². The number of ether oxygens (including phenoxy) is 1. The number of rotatable bonds is 3. The number of nitrogens with zero attached hydrogens (tertiary/aromatic N) is 1. The summed E-state index contributed by atoms with van der Waals surface area (Å²) >= 11 is 0. The Labute approximate surface area is 98.6 Å². The molecule has 0 fully saturated rings. The van der Waals surface area contributed by atoms with Crippen LogP contribution in [0, 0.1) is 11.3 Å². The third-order valence-corrected chi connectivity index (χ3v) is 1.89. The fourth-order valence-corrected chi connectivity index (χ4v) is 1.18. The van der Waals surface area contributed by atoms with E-state index in [2.05, 4.69) is 4.74 Å². The quantitative estimate of drug-likeness (QED) is 0.861. The zero-order chi connectivity index (χ0) is 13.9. The first-order valence-corrected chi connectivity index (χ1v) is 4.45. The predicted molar refractivity (Wildman–Crippen MR) is 50.4 cm³/mol. The van der Waals surface area contributed by atoms with Gasteiger partial charge in [-0.15, -0.1) is 13.2 Å². The number of benzene rings is 1. The molecule has 2 N–H and O–H groups in total. The molecule has 18 heavy (non-hydrogen) atoms. The van der Waals surface area contributed by atoms with Crippen molar-refractivity contribution >= 4 is 5.97 Å². The average molecular weight is 261 g/mol. The third kappa shape index (κ3) is 3.36. The van der Waals surface area contributed by atoms with Gasteiger partial charge < -0.3 is 14.9 Å². The number of aliphatic hydroxyl groups excluding tert-OH is 1. The molecule has 0 bridgehead atoms. The Hall–Kier alpha value is -2.27. The van der Waals surface area contributed by atoms with Crippen LogP contribution in [0.5, 0.6) is 5.75 Å². The highest BCUT2D eigenvalue weighted by atomic mass is 19.4. The number of halogens is 3. The van der Waals surface area contributed by atoms with Gasteiger partial charge in [-0.05, 0) is 18.2 Å². The highest BCUT2D eigenvalue weighted by Gasteiger charge is 2.33. The molecule has 0 saturated carbocycles. The van der Waals surface area contributed by atoms with E-state index in [4.69, 9.17) is 10.4 Å². The lowest BCUT2D eigenvalue weighted by Crippen LogP contribution is -2.20. The minimum atomic E-state index is -5.03. The molecular formula is C10H6F3NO4. The summed E-state index contributed by atoms with van der Waals surface area (Å²) in [7, 11) is 0. The van der Waals surface area contributed by atoms with Crippen LogP contribution < -0.4 is 4.74 Å². The molecule has 96 valence electrons. The highest BCUT2D eigenvalue weighted by molar-refractivity contribution is 5.75. The van der Waals surface area contributed by atoms with Crippen LogP contribution >= 0.6 is 0 Å². The van der Waals surface area contributed by atoms with E-state index in [1.807, 2.05) is 0 Å². The van der Waals surface area contributed by atoms with Gasteiger partial charge in [-0.25, -0.2) is 4.79 Å². The molecule has 0 heterocycles. The average Bonchev–Trinajstić information content (AvgIpc) is 2.26. The monoisotopic (exact) mass is 261 g/mol. The molecule has 0 radical (unpaired) electrons. The molecular weight excluding hydrogens is 255 g/mol. The number of carboxylic acids is 1. The molecule has 0 aliphatic rings. The van der Waals surface area contributed by atoms with E-state index >= 15 is 0 Å². The highest BCUT2D eigenvalue weighted by Crippen LogP contribution is 2.31. The van der Waals surface area contributed by atoms with E-state index in [9.17, 15) is 23.1 Å². The third-order valence-electron chi connectivity index (χ3n) is 1.89. The summed E-state index contributed by atoms with van der Waals surface area (Å²) in [5, 5.41) is 26.4. The minimum Gasteiger partial charge on any atom is -0.479 e. The van der Waals surface area contributed by atoms with Crippen molar-refractivity contribution in [3.05, 3.63) is 29.3 Å². The van der Waals surface area contributed by atoms with Gasteiger partial charge in [-0.2, -0.15) is 5.26 Å². The van der Waals surface area contributed by atoms with Crippen molar-refractivity contribution in [2.24, 2.45) is 0 Å². The minimum absolute atomic E-state index is 0.0974. The molecule has 0 spiro atoms. The van der Waals surface area contributed by atoms with Gasteiger partial charge in [-0.3, -0.25) is 0 Å². The van der Waals surface area contributed by atoms with Gasteiger partial charge in [0.25, 0.3) is 0 Å². The fourth-order valence-electron chi connectivity index (χ4n) is 1.18. The summed E-state index contributed by atoms with van der Waals surface area (Å²) in [6, 6.07) is 4.21. The Morgan fingerprint density at radius 1 is 1.44 bits per heavy atom. The van der Waals surface area contributed by atoms with Crippen molar-refractivity contribution in [1.29, 1.82) is 5.26 Å². The molecule has 1 rings (SSSR count). The van der Waals surface area contributed by atoms with Crippen molar-refractivity contribution in [1.82, 2.24) is 0 Å². The van der Waals surface area contributed by atoms with E-state index in [0.717, 1.165) is 18.2 Å². The summed E-state index contributed by atoms with van der Waals surface area (Å²) in [6.07, 6.45) is -7.24. The molecule has 0 aromatic heterocycles. The lowest BCUT2D eigenvalue weighted by molar-refractivity contribution is -0.275. The van der Waals surface area contributed by atoms with Crippen LogP contribution in [0.4, 0.5) is 13.2 Å². The maximum Gasteiger partial charge on any atom is 0.573 e. The Morgan fingerprint density at radius 2 is 2.06 bits per heavy atom. The molecule has 1 unspecified atom stereocenters. The molecule has 0 aliphatic carbocycles. The largest absolute Gasteiger partial charge is 0.573 e. The topological polar surface area (TPSA) is 90.5 Å². The maximum atomic E-state index is 12.1. The maximum absolute atomic E-state index is 12.1. The van der Waals surface area contributed by atoms with E-state index in [1.54, 1.807) is 6.07 Å². The Morgan fingerprint density at radius 3 is 2.50 bits per heavy atom. The Bertz CT molecular complexity index is 507. The predicted octanol–water partition coefficient (Wildman–Crippen LogP) is 1.57. The van der Waals surface area contributed by atoms with Gasteiger partial charge in [0, 0.05) is 5.56 Å². The van der Waals surface area contributed by atoms with Crippen molar-refractivity contribution in [2.75, 3.05) is 0 Å². The number of carboxylic acid groups (broad SMARTS) is 1. The standard InChI is InChI=1S/C10H6F3NO4/c11-10(12,13)18-7-2-1-5(4-14)3-6(7)8(15)9(16)17/h1-3,8,15H,(H,16,17). The number of carbonyl (C=O) groups is 1. The van der Waals surface area contributed by atoms with E-state index in [0.29, 0.717) is 0 Å². The number of aliphatic carboxylic acids is 1. The molecule has 1 aromatic carbocycles. The molecule has 1 atom stereocenters. The van der Waals surface area contributed by atoms with E-state index in [-0.39, 0.29) is 5.56 Å². The summed E-state index contributed by atoms with van der Waals surface area (Å²) in [6.45, 7) is 0. The summed E-state index contributed by atoms with van der Waals surface area (Å²) in [5.41, 5.74) is -0.737. The van der Waals surface area contributed by atoms with Gasteiger partial charge in [0.2, 0.25) is 0 Å². The lowest BCUT2D eigenvalue weighted by Gasteiger charge is -2.15. The summed E-state index contributed by atoms with van der Waals surface area (Å²) < 4.78 is 39.7. The van der Waals surface area contributed by atoms with Crippen molar-refractivity contribution in [2.45, 2.75) is 12.5 Å². The molecule has 5 nitrogen and oxygen atoms in total. The zero-order valence-electron chi connectivity index (χ0n) is 8.60. The Kier molecular flexibility index (Phi) is 3.78. The van der Waals surface area contributed by atoms with Crippen LogP contribution in [0.25, 0.3) is 0 Å². The van der Waals surface area contributed by atoms with Crippen molar-refractivity contribution < 1.29 is 32.9 Å². The second-order valence-corrected chi connectivity index (χ2v) is 3.15. The van der Waals surface area contributed by atoms with Crippen molar-refractivity contribution in [3.63, 3.8) is 0 Å². The van der Waals surface area contributed by atoms with Crippen LogP contribution in [0.3, 0.4) is 0 Å². The number of aliphatic hydroxyl groups is 1. The summed E-state index contributed by atoms with van der Waals surface area (Å²) in [5.74, 6) is -2.62. The fraction of sp³-hybridized carbons (Fsp3) is 0.200. The smallest absolute Gasteiger partial charge is 0.479 e. The number of hydrogen-bond donors (Lipinski definition) is 2. The second kappa shape index (κ2) is 4.93. The van der Waals surface area contributed by atoms with Crippen LogP contribution in [-0.4, -0.2) is 22.5 Å². The van der Waals surface area contributed by atoms with Crippen LogP contribution in [0.15, 0.2) is 18.2 Å². The van der Waals surface area contributed by atoms with Gasteiger partial charge >= 0.3 is 12.3 Å². The second-order valence-electron chi connectivity index (χ2n) is 3.15.